The van der Waals surface area contributed by atoms with Crippen molar-refractivity contribution in [2.24, 2.45) is 0 Å². The summed E-state index contributed by atoms with van der Waals surface area (Å²) in [5.74, 6) is 0.263. The molecule has 0 saturated carbocycles. The maximum Gasteiger partial charge on any atom is 0.150 e. The number of carbonyl (C=O) groups is 1. The van der Waals surface area contributed by atoms with E-state index < -0.39 is 0 Å². The molecule has 94 valence electrons. The van der Waals surface area contributed by atoms with Crippen LogP contribution in [-0.4, -0.2) is 18.4 Å². The molecule has 0 aliphatic rings. The quantitative estimate of drug-likeness (QED) is 0.818. The maximum atomic E-state index is 11.8. The molecule has 0 heterocycles. The Balaban J connectivity index is 2.53. The molecule has 1 unspecified atom stereocenters. The fraction of sp³-hybridized carbons (Fsp3) is 0.533. The van der Waals surface area contributed by atoms with E-state index in [1.165, 1.54) is 11.1 Å². The zero-order valence-electron chi connectivity index (χ0n) is 11.3. The average molecular weight is 233 g/mol. The van der Waals surface area contributed by atoms with Crippen LogP contribution < -0.4 is 5.32 Å². The van der Waals surface area contributed by atoms with E-state index in [1.54, 1.807) is 0 Å². The molecule has 1 atom stereocenters. The van der Waals surface area contributed by atoms with Gasteiger partial charge in [-0.25, -0.2) is 0 Å². The van der Waals surface area contributed by atoms with Crippen LogP contribution in [0.4, 0.5) is 0 Å². The summed E-state index contributed by atoms with van der Waals surface area (Å²) in [7, 11) is 0. The summed E-state index contributed by atoms with van der Waals surface area (Å²) in [6.07, 6.45) is 1.59. The van der Waals surface area contributed by atoms with Gasteiger partial charge in [-0.1, -0.05) is 30.7 Å². The number of rotatable bonds is 6. The molecule has 1 aromatic rings. The molecule has 0 spiro atoms. The second kappa shape index (κ2) is 6.55. The molecule has 2 heteroatoms. The van der Waals surface area contributed by atoms with Crippen LogP contribution in [-0.2, 0) is 11.2 Å². The number of Topliss-reactive ketones (excluding diaryl/α,β-unsaturated/α-hetero) is 1. The van der Waals surface area contributed by atoms with Gasteiger partial charge in [0.15, 0.2) is 5.78 Å². The first-order valence-corrected chi connectivity index (χ1v) is 6.34. The summed E-state index contributed by atoms with van der Waals surface area (Å²) in [6, 6.07) is 6.69. The highest BCUT2D eigenvalue weighted by molar-refractivity contribution is 5.83. The number of aryl methyl sites for hydroxylation is 2. The van der Waals surface area contributed by atoms with Gasteiger partial charge in [0.2, 0.25) is 0 Å². The first-order valence-electron chi connectivity index (χ1n) is 6.34. The van der Waals surface area contributed by atoms with Crippen LogP contribution in [0.25, 0.3) is 0 Å². The third-order valence-corrected chi connectivity index (χ3v) is 3.15. The van der Waals surface area contributed by atoms with E-state index in [1.807, 2.05) is 0 Å². The molecule has 0 amide bonds. The highest BCUT2D eigenvalue weighted by Gasteiger charge is 2.07. The lowest BCUT2D eigenvalue weighted by Crippen LogP contribution is -2.31. The average Bonchev–Trinajstić information content (AvgIpc) is 2.30. The van der Waals surface area contributed by atoms with Crippen molar-refractivity contribution in [2.45, 2.75) is 46.6 Å². The Morgan fingerprint density at radius 1 is 1.35 bits per heavy atom. The third kappa shape index (κ3) is 4.70. The van der Waals surface area contributed by atoms with Gasteiger partial charge in [-0.05, 0) is 38.3 Å². The first-order chi connectivity index (χ1) is 8.02. The minimum atomic E-state index is 0.263. The number of carbonyl (C=O) groups excluding carboxylic acids is 1. The topological polar surface area (TPSA) is 29.1 Å². The minimum Gasteiger partial charge on any atom is -0.307 e. The van der Waals surface area contributed by atoms with E-state index in [0.29, 0.717) is 19.0 Å². The number of nitrogens with one attached hydrogen (secondary N) is 1. The lowest BCUT2D eigenvalue weighted by molar-refractivity contribution is -0.117. The molecular formula is C15H23NO. The molecule has 1 aromatic carbocycles. The van der Waals surface area contributed by atoms with Crippen molar-refractivity contribution >= 4 is 5.78 Å². The fourth-order valence-corrected chi connectivity index (χ4v) is 1.70. The molecule has 0 aromatic heterocycles. The zero-order chi connectivity index (χ0) is 12.8. The Morgan fingerprint density at radius 3 is 2.71 bits per heavy atom. The highest BCUT2D eigenvalue weighted by atomic mass is 16.1. The molecule has 0 aliphatic heterocycles. The maximum absolute atomic E-state index is 11.8. The van der Waals surface area contributed by atoms with Gasteiger partial charge in [-0.2, -0.15) is 0 Å². The highest BCUT2D eigenvalue weighted by Crippen LogP contribution is 2.11. The number of hydrogen-bond donors (Lipinski definition) is 1. The van der Waals surface area contributed by atoms with Crippen molar-refractivity contribution in [1.82, 2.24) is 5.32 Å². The van der Waals surface area contributed by atoms with Crippen LogP contribution in [0.15, 0.2) is 18.2 Å². The Morgan fingerprint density at radius 2 is 2.06 bits per heavy atom. The Labute approximate surface area is 104 Å². The van der Waals surface area contributed by atoms with Gasteiger partial charge in [0.25, 0.3) is 0 Å². The molecule has 0 aliphatic carbocycles. The van der Waals surface area contributed by atoms with Crippen LogP contribution >= 0.6 is 0 Å². The minimum absolute atomic E-state index is 0.263. The van der Waals surface area contributed by atoms with E-state index >= 15 is 0 Å². The Hall–Kier alpha value is -1.15. The van der Waals surface area contributed by atoms with Crippen LogP contribution in [0.1, 0.15) is 37.0 Å². The second-order valence-electron chi connectivity index (χ2n) is 4.84. The van der Waals surface area contributed by atoms with Crippen molar-refractivity contribution in [2.75, 3.05) is 6.54 Å². The number of ketones is 1. The monoisotopic (exact) mass is 233 g/mol. The summed E-state index contributed by atoms with van der Waals surface area (Å²) in [4.78, 5) is 11.8. The van der Waals surface area contributed by atoms with Crippen molar-refractivity contribution in [3.05, 3.63) is 34.9 Å². The summed E-state index contributed by atoms with van der Waals surface area (Å²) >= 11 is 0. The molecule has 0 fully saturated rings. The SMILES string of the molecule is CCC(C)NCC(=O)Cc1cc(C)ccc1C. The zero-order valence-corrected chi connectivity index (χ0v) is 11.3. The van der Waals surface area contributed by atoms with Crippen molar-refractivity contribution in [3.8, 4) is 0 Å². The fourth-order valence-electron chi connectivity index (χ4n) is 1.70. The van der Waals surface area contributed by atoms with Crippen molar-refractivity contribution < 1.29 is 4.79 Å². The summed E-state index contributed by atoms with van der Waals surface area (Å²) < 4.78 is 0. The molecular weight excluding hydrogens is 210 g/mol. The summed E-state index contributed by atoms with van der Waals surface area (Å²) in [6.45, 7) is 8.81. The van der Waals surface area contributed by atoms with Crippen LogP contribution in [0.3, 0.4) is 0 Å². The van der Waals surface area contributed by atoms with E-state index in [-0.39, 0.29) is 5.78 Å². The van der Waals surface area contributed by atoms with Gasteiger partial charge in [0.1, 0.15) is 0 Å². The van der Waals surface area contributed by atoms with E-state index in [9.17, 15) is 4.79 Å². The standard InChI is InChI=1S/C15H23NO/c1-5-13(4)16-10-15(17)9-14-8-11(2)6-7-12(14)3/h6-8,13,16H,5,9-10H2,1-4H3. The van der Waals surface area contributed by atoms with Gasteiger partial charge in [-0.15, -0.1) is 0 Å². The van der Waals surface area contributed by atoms with Crippen LogP contribution in [0.2, 0.25) is 0 Å². The predicted molar refractivity (Wildman–Crippen MR) is 72.4 cm³/mol. The third-order valence-electron chi connectivity index (χ3n) is 3.15. The number of benzene rings is 1. The van der Waals surface area contributed by atoms with Crippen LogP contribution in [0, 0.1) is 13.8 Å². The van der Waals surface area contributed by atoms with E-state index in [2.05, 4.69) is 51.2 Å². The molecule has 1 rings (SSSR count). The number of hydrogen-bond acceptors (Lipinski definition) is 2. The second-order valence-corrected chi connectivity index (χ2v) is 4.84. The van der Waals surface area contributed by atoms with Crippen molar-refractivity contribution in [3.63, 3.8) is 0 Å². The van der Waals surface area contributed by atoms with Crippen molar-refractivity contribution in [1.29, 1.82) is 0 Å². The van der Waals surface area contributed by atoms with Gasteiger partial charge < -0.3 is 5.32 Å². The van der Waals surface area contributed by atoms with E-state index in [0.717, 1.165) is 12.0 Å². The molecule has 0 radical (unpaired) electrons. The summed E-state index contributed by atoms with van der Waals surface area (Å²) in [5.41, 5.74) is 3.57. The van der Waals surface area contributed by atoms with E-state index in [4.69, 9.17) is 0 Å². The molecule has 17 heavy (non-hydrogen) atoms. The molecule has 0 saturated heterocycles. The lowest BCUT2D eigenvalue weighted by atomic mass is 10.0. The molecule has 0 bridgehead atoms. The smallest absolute Gasteiger partial charge is 0.150 e. The largest absolute Gasteiger partial charge is 0.307 e. The van der Waals surface area contributed by atoms with Gasteiger partial charge in [-0.3, -0.25) is 4.79 Å². The summed E-state index contributed by atoms with van der Waals surface area (Å²) in [5, 5.41) is 3.24. The molecule has 2 nitrogen and oxygen atoms in total. The lowest BCUT2D eigenvalue weighted by Gasteiger charge is -2.11. The Kier molecular flexibility index (Phi) is 5.36. The molecule has 1 N–H and O–H groups in total. The van der Waals surface area contributed by atoms with Gasteiger partial charge >= 0.3 is 0 Å². The van der Waals surface area contributed by atoms with Gasteiger partial charge in [0.05, 0.1) is 6.54 Å². The Bertz CT molecular complexity index is 385. The normalized spacial score (nSPS) is 12.5. The predicted octanol–water partition coefficient (Wildman–Crippen LogP) is 2.80. The first kappa shape index (κ1) is 13.9. The van der Waals surface area contributed by atoms with Crippen LogP contribution in [0.5, 0.6) is 0 Å². The van der Waals surface area contributed by atoms with Gasteiger partial charge in [0, 0.05) is 12.5 Å².